The highest BCUT2D eigenvalue weighted by molar-refractivity contribution is 5.73. The van der Waals surface area contributed by atoms with Gasteiger partial charge in [-0.3, -0.25) is 4.79 Å². The molecular weight excluding hydrogens is 274 g/mol. The van der Waals surface area contributed by atoms with Gasteiger partial charge >= 0.3 is 0 Å². The quantitative estimate of drug-likeness (QED) is 0.944. The Morgan fingerprint density at radius 1 is 1.18 bits per heavy atom. The van der Waals surface area contributed by atoms with E-state index in [9.17, 15) is 9.90 Å². The third-order valence-corrected chi connectivity index (χ3v) is 4.49. The van der Waals surface area contributed by atoms with Gasteiger partial charge in [-0.25, -0.2) is 0 Å². The van der Waals surface area contributed by atoms with Crippen LogP contribution in [0.25, 0.3) is 11.1 Å². The molecular formula is C19H21NO2. The van der Waals surface area contributed by atoms with Gasteiger partial charge in [-0.2, -0.15) is 0 Å². The first-order valence-corrected chi connectivity index (χ1v) is 7.73. The number of carbonyl (C=O) groups is 1. The molecule has 1 heterocycles. The van der Waals surface area contributed by atoms with Gasteiger partial charge in [0, 0.05) is 25.9 Å². The van der Waals surface area contributed by atoms with Crippen molar-refractivity contribution in [3.63, 3.8) is 0 Å². The van der Waals surface area contributed by atoms with Crippen LogP contribution < -0.4 is 0 Å². The van der Waals surface area contributed by atoms with Crippen LogP contribution in [-0.2, 0) is 11.4 Å². The van der Waals surface area contributed by atoms with Gasteiger partial charge in [0.1, 0.15) is 0 Å². The molecule has 2 aromatic rings. The largest absolute Gasteiger partial charge is 0.392 e. The Hall–Kier alpha value is -2.13. The second-order valence-electron chi connectivity index (χ2n) is 5.89. The Morgan fingerprint density at radius 3 is 2.59 bits per heavy atom. The molecule has 0 radical (unpaired) electrons. The minimum absolute atomic E-state index is 0.0343. The number of benzene rings is 2. The van der Waals surface area contributed by atoms with Gasteiger partial charge < -0.3 is 10.0 Å². The third kappa shape index (κ3) is 2.90. The molecule has 0 spiro atoms. The molecule has 0 saturated carbocycles. The summed E-state index contributed by atoms with van der Waals surface area (Å²) in [7, 11) is 0. The van der Waals surface area contributed by atoms with Crippen molar-refractivity contribution < 1.29 is 9.90 Å². The Kier molecular flexibility index (Phi) is 4.25. The topological polar surface area (TPSA) is 40.5 Å². The lowest BCUT2D eigenvalue weighted by molar-refractivity contribution is -0.127. The molecule has 0 aliphatic carbocycles. The number of aliphatic hydroxyl groups is 1. The molecule has 1 atom stereocenters. The van der Waals surface area contributed by atoms with Gasteiger partial charge in [0.2, 0.25) is 5.91 Å². The van der Waals surface area contributed by atoms with Crippen molar-refractivity contribution >= 4 is 5.91 Å². The first kappa shape index (κ1) is 14.8. The fourth-order valence-electron chi connectivity index (χ4n) is 3.25. The number of amides is 1. The number of nitrogens with zero attached hydrogens (tertiary/aromatic N) is 1. The van der Waals surface area contributed by atoms with Crippen molar-refractivity contribution in [2.75, 3.05) is 13.1 Å². The van der Waals surface area contributed by atoms with Crippen LogP contribution >= 0.6 is 0 Å². The van der Waals surface area contributed by atoms with E-state index in [-0.39, 0.29) is 12.5 Å². The van der Waals surface area contributed by atoms with Crippen molar-refractivity contribution in [3.8, 4) is 11.1 Å². The SMILES string of the molecule is CC(=O)N1CCC(c2ccc(-c3ccccc3)cc2CO)C1. The number of likely N-dealkylation sites (tertiary alicyclic amines) is 1. The Bertz CT molecular complexity index is 666. The van der Waals surface area contributed by atoms with Crippen LogP contribution in [0.4, 0.5) is 0 Å². The molecule has 1 unspecified atom stereocenters. The van der Waals surface area contributed by atoms with E-state index in [1.54, 1.807) is 6.92 Å². The predicted octanol–water partition coefficient (Wildman–Crippen LogP) is 3.18. The molecule has 0 bridgehead atoms. The number of carbonyl (C=O) groups excluding carboxylic acids is 1. The van der Waals surface area contributed by atoms with Crippen LogP contribution in [0.2, 0.25) is 0 Å². The van der Waals surface area contributed by atoms with Crippen LogP contribution in [0.5, 0.6) is 0 Å². The second-order valence-corrected chi connectivity index (χ2v) is 5.89. The summed E-state index contributed by atoms with van der Waals surface area (Å²) < 4.78 is 0. The first-order chi connectivity index (χ1) is 10.7. The van der Waals surface area contributed by atoms with Gasteiger partial charge in [-0.15, -0.1) is 0 Å². The standard InChI is InChI=1S/C19H21NO2/c1-14(22)20-10-9-17(12-20)19-8-7-16(11-18(19)13-21)15-5-3-2-4-6-15/h2-8,11,17,21H,9-10,12-13H2,1H3. The molecule has 1 aliphatic heterocycles. The summed E-state index contributed by atoms with van der Waals surface area (Å²) in [5.74, 6) is 0.463. The highest BCUT2D eigenvalue weighted by atomic mass is 16.3. The zero-order valence-electron chi connectivity index (χ0n) is 12.8. The molecule has 3 nitrogen and oxygen atoms in total. The number of hydrogen-bond donors (Lipinski definition) is 1. The zero-order chi connectivity index (χ0) is 15.5. The van der Waals surface area contributed by atoms with Gasteiger partial charge in [0.05, 0.1) is 6.61 Å². The van der Waals surface area contributed by atoms with Crippen LogP contribution in [0, 0.1) is 0 Å². The van der Waals surface area contributed by atoms with Crippen LogP contribution in [0.1, 0.15) is 30.4 Å². The molecule has 1 saturated heterocycles. The normalized spacial score (nSPS) is 17.7. The number of aliphatic hydroxyl groups excluding tert-OH is 1. The van der Waals surface area contributed by atoms with E-state index in [1.165, 1.54) is 5.56 Å². The highest BCUT2D eigenvalue weighted by Crippen LogP contribution is 2.32. The minimum Gasteiger partial charge on any atom is -0.392 e. The first-order valence-electron chi connectivity index (χ1n) is 7.73. The number of hydrogen-bond acceptors (Lipinski definition) is 2. The average Bonchev–Trinajstić information content (AvgIpc) is 3.05. The van der Waals surface area contributed by atoms with Crippen molar-refractivity contribution in [2.45, 2.75) is 25.9 Å². The molecule has 3 heteroatoms. The van der Waals surface area contributed by atoms with Crippen LogP contribution in [-0.4, -0.2) is 29.0 Å². The maximum absolute atomic E-state index is 11.5. The molecule has 2 aromatic carbocycles. The summed E-state index contributed by atoms with van der Waals surface area (Å²) in [6.07, 6.45) is 0.970. The smallest absolute Gasteiger partial charge is 0.219 e. The lowest BCUT2D eigenvalue weighted by Gasteiger charge is -2.17. The lowest BCUT2D eigenvalue weighted by atomic mass is 9.91. The minimum atomic E-state index is 0.0343. The van der Waals surface area contributed by atoms with E-state index < -0.39 is 0 Å². The van der Waals surface area contributed by atoms with E-state index in [2.05, 4.69) is 30.3 Å². The molecule has 1 fully saturated rings. The summed E-state index contributed by atoms with van der Waals surface area (Å²) in [6.45, 7) is 3.22. The Labute approximate surface area is 131 Å². The summed E-state index contributed by atoms with van der Waals surface area (Å²) in [6, 6.07) is 16.5. The maximum Gasteiger partial charge on any atom is 0.219 e. The van der Waals surface area contributed by atoms with Gasteiger partial charge in [-0.1, -0.05) is 42.5 Å². The van der Waals surface area contributed by atoms with Gasteiger partial charge in [0.25, 0.3) is 0 Å². The van der Waals surface area contributed by atoms with Gasteiger partial charge in [-0.05, 0) is 34.7 Å². The Morgan fingerprint density at radius 2 is 1.95 bits per heavy atom. The van der Waals surface area contributed by atoms with Crippen LogP contribution in [0.3, 0.4) is 0 Å². The van der Waals surface area contributed by atoms with Crippen molar-refractivity contribution in [1.29, 1.82) is 0 Å². The van der Waals surface area contributed by atoms with E-state index in [1.807, 2.05) is 23.1 Å². The Balaban J connectivity index is 1.89. The highest BCUT2D eigenvalue weighted by Gasteiger charge is 2.26. The predicted molar refractivity (Wildman–Crippen MR) is 87.4 cm³/mol. The lowest BCUT2D eigenvalue weighted by Crippen LogP contribution is -2.25. The van der Waals surface area contributed by atoms with Gasteiger partial charge in [0.15, 0.2) is 0 Å². The summed E-state index contributed by atoms with van der Waals surface area (Å²) >= 11 is 0. The molecule has 3 rings (SSSR count). The molecule has 1 aliphatic rings. The fraction of sp³-hybridized carbons (Fsp3) is 0.316. The van der Waals surface area contributed by atoms with Crippen LogP contribution in [0.15, 0.2) is 48.5 Å². The molecule has 22 heavy (non-hydrogen) atoms. The van der Waals surface area contributed by atoms with E-state index >= 15 is 0 Å². The third-order valence-electron chi connectivity index (χ3n) is 4.49. The average molecular weight is 295 g/mol. The van der Waals surface area contributed by atoms with Crippen molar-refractivity contribution in [2.24, 2.45) is 0 Å². The van der Waals surface area contributed by atoms with Crippen molar-refractivity contribution in [1.82, 2.24) is 4.90 Å². The maximum atomic E-state index is 11.5. The summed E-state index contributed by atoms with van der Waals surface area (Å²) in [4.78, 5) is 13.4. The van der Waals surface area contributed by atoms with E-state index in [4.69, 9.17) is 0 Å². The summed E-state index contributed by atoms with van der Waals surface area (Å²) in [5.41, 5.74) is 4.41. The van der Waals surface area contributed by atoms with Crippen molar-refractivity contribution in [3.05, 3.63) is 59.7 Å². The molecule has 1 N–H and O–H groups in total. The number of rotatable bonds is 3. The zero-order valence-corrected chi connectivity index (χ0v) is 12.8. The van der Waals surface area contributed by atoms with E-state index in [0.29, 0.717) is 5.92 Å². The molecule has 114 valence electrons. The summed E-state index contributed by atoms with van der Waals surface area (Å²) in [5, 5.41) is 9.74. The van der Waals surface area contributed by atoms with E-state index in [0.717, 1.165) is 36.2 Å². The molecule has 1 amide bonds. The molecule has 0 aromatic heterocycles. The monoisotopic (exact) mass is 295 g/mol. The fourth-order valence-corrected chi connectivity index (χ4v) is 3.25. The second kappa shape index (κ2) is 6.32.